The molecule has 0 fully saturated rings. The van der Waals surface area contributed by atoms with Gasteiger partial charge in [-0.3, -0.25) is 0 Å². The summed E-state index contributed by atoms with van der Waals surface area (Å²) >= 11 is 11.9. The molecule has 4 rings (SSSR count). The Balaban J connectivity index is 1.35. The van der Waals surface area contributed by atoms with Gasteiger partial charge in [-0.2, -0.15) is 0 Å². The Labute approximate surface area is 208 Å². The van der Waals surface area contributed by atoms with Gasteiger partial charge in [0.15, 0.2) is 0 Å². The predicted octanol–water partition coefficient (Wildman–Crippen LogP) is 8.69. The lowest BCUT2D eigenvalue weighted by Gasteiger charge is -2.10. The summed E-state index contributed by atoms with van der Waals surface area (Å²) in [6.45, 7) is 8.25. The van der Waals surface area contributed by atoms with Gasteiger partial charge in [0.25, 0.3) is 0 Å². The molecule has 0 saturated carbocycles. The first-order valence-corrected chi connectivity index (χ1v) is 11.1. The lowest BCUT2D eigenvalue weighted by atomic mass is 10.00. The van der Waals surface area contributed by atoms with Crippen LogP contribution in [0.15, 0.2) is 110 Å². The van der Waals surface area contributed by atoms with Crippen molar-refractivity contribution in [2.45, 2.75) is 0 Å². The second-order valence-electron chi connectivity index (χ2n) is 7.47. The van der Waals surface area contributed by atoms with E-state index in [1.165, 1.54) is 0 Å². The van der Waals surface area contributed by atoms with Gasteiger partial charge >= 0.3 is 6.16 Å². The van der Waals surface area contributed by atoms with E-state index in [1.54, 1.807) is 24.3 Å². The molecular formula is C29H20Cl2O3. The first kappa shape index (κ1) is 23.4. The highest BCUT2D eigenvalue weighted by Gasteiger charge is 2.10. The van der Waals surface area contributed by atoms with Crippen LogP contribution in [0.5, 0.6) is 11.5 Å². The number of halogens is 2. The van der Waals surface area contributed by atoms with Gasteiger partial charge in [0.05, 0.1) is 0 Å². The van der Waals surface area contributed by atoms with E-state index >= 15 is 0 Å². The van der Waals surface area contributed by atoms with Crippen LogP contribution in [0, 0.1) is 0 Å². The molecule has 3 nitrogen and oxygen atoms in total. The van der Waals surface area contributed by atoms with Gasteiger partial charge in [-0.1, -0.05) is 84.9 Å². The van der Waals surface area contributed by atoms with Crippen LogP contribution in [0.25, 0.3) is 11.1 Å². The molecule has 0 heterocycles. The Hall–Kier alpha value is -3.79. The summed E-state index contributed by atoms with van der Waals surface area (Å²) in [5, 5.41) is 1.33. The maximum atomic E-state index is 12.2. The number of rotatable bonds is 6. The summed E-state index contributed by atoms with van der Waals surface area (Å²) in [6, 6.07) is 29.0. The third-order valence-electron chi connectivity index (χ3n) is 5.19. The molecule has 0 amide bonds. The van der Waals surface area contributed by atoms with E-state index in [1.807, 2.05) is 72.8 Å². The molecule has 0 saturated heterocycles. The molecule has 0 bridgehead atoms. The van der Waals surface area contributed by atoms with Gasteiger partial charge in [-0.15, -0.1) is 0 Å². The molecule has 0 aliphatic heterocycles. The minimum atomic E-state index is -0.825. The standard InChI is InChI=1S/C29H20Cl2O3/c1-19(21-3-11-25(30)12-4-21)23-7-15-27(16-8-23)33-29(32)34-28-17-9-24(10-18-28)20(2)22-5-13-26(31)14-6-22/h3-18H,1-2H2. The number of ether oxygens (including phenoxy) is 2. The average Bonchev–Trinajstić information content (AvgIpc) is 2.85. The topological polar surface area (TPSA) is 35.5 Å². The third kappa shape index (κ3) is 5.76. The highest BCUT2D eigenvalue weighted by Crippen LogP contribution is 2.27. The van der Waals surface area contributed by atoms with Gasteiger partial charge in [-0.05, 0) is 81.9 Å². The van der Waals surface area contributed by atoms with Crippen molar-refractivity contribution in [2.75, 3.05) is 0 Å². The van der Waals surface area contributed by atoms with E-state index < -0.39 is 6.16 Å². The van der Waals surface area contributed by atoms with Crippen molar-refractivity contribution in [2.24, 2.45) is 0 Å². The van der Waals surface area contributed by atoms with Crippen LogP contribution in [0.3, 0.4) is 0 Å². The second-order valence-corrected chi connectivity index (χ2v) is 8.35. The van der Waals surface area contributed by atoms with Crippen molar-refractivity contribution in [3.8, 4) is 11.5 Å². The number of hydrogen-bond donors (Lipinski definition) is 0. The van der Waals surface area contributed by atoms with Crippen molar-refractivity contribution in [1.29, 1.82) is 0 Å². The summed E-state index contributed by atoms with van der Waals surface area (Å²) in [4.78, 5) is 12.2. The highest BCUT2D eigenvalue weighted by molar-refractivity contribution is 6.30. The van der Waals surface area contributed by atoms with Gasteiger partial charge in [0.2, 0.25) is 0 Å². The lowest BCUT2D eigenvalue weighted by molar-refractivity contribution is 0.152. The van der Waals surface area contributed by atoms with Crippen molar-refractivity contribution >= 4 is 40.5 Å². The van der Waals surface area contributed by atoms with E-state index in [-0.39, 0.29) is 0 Å². The summed E-state index contributed by atoms with van der Waals surface area (Å²) in [6.07, 6.45) is -0.825. The molecule has 168 valence electrons. The van der Waals surface area contributed by atoms with Crippen molar-refractivity contribution in [3.63, 3.8) is 0 Å². The molecule has 5 heteroatoms. The molecule has 0 unspecified atom stereocenters. The molecule has 4 aromatic rings. The summed E-state index contributed by atoms with van der Waals surface area (Å²) < 4.78 is 10.6. The Morgan fingerprint density at radius 3 is 1.06 bits per heavy atom. The maximum Gasteiger partial charge on any atom is 0.519 e. The zero-order chi connectivity index (χ0) is 24.1. The SMILES string of the molecule is C=C(c1ccc(Cl)cc1)c1ccc(OC(=O)Oc2ccc(C(=C)c3ccc(Cl)cc3)cc2)cc1. The smallest absolute Gasteiger partial charge is 0.395 e. The molecule has 0 aliphatic carbocycles. The normalized spacial score (nSPS) is 10.4. The van der Waals surface area contributed by atoms with Gasteiger partial charge in [0, 0.05) is 10.0 Å². The molecule has 4 aromatic carbocycles. The van der Waals surface area contributed by atoms with E-state index in [0.717, 1.165) is 33.4 Å². The minimum absolute atomic E-state index is 0.366. The summed E-state index contributed by atoms with van der Waals surface area (Å²) in [5.41, 5.74) is 5.40. The maximum absolute atomic E-state index is 12.2. The number of carbonyl (C=O) groups excluding carboxylic acids is 1. The van der Waals surface area contributed by atoms with Crippen LogP contribution >= 0.6 is 23.2 Å². The largest absolute Gasteiger partial charge is 0.519 e. The van der Waals surface area contributed by atoms with E-state index in [4.69, 9.17) is 32.7 Å². The van der Waals surface area contributed by atoms with Crippen molar-refractivity contribution in [1.82, 2.24) is 0 Å². The van der Waals surface area contributed by atoms with E-state index in [9.17, 15) is 4.79 Å². The monoisotopic (exact) mass is 486 g/mol. The van der Waals surface area contributed by atoms with Crippen LogP contribution in [0.4, 0.5) is 4.79 Å². The highest BCUT2D eigenvalue weighted by atomic mass is 35.5. The molecular weight excluding hydrogens is 467 g/mol. The number of benzene rings is 4. The molecule has 34 heavy (non-hydrogen) atoms. The Bertz CT molecular complexity index is 1220. The number of hydrogen-bond acceptors (Lipinski definition) is 3. The molecule has 0 aliphatic rings. The zero-order valence-corrected chi connectivity index (χ0v) is 19.6. The van der Waals surface area contributed by atoms with Gasteiger partial charge in [0.1, 0.15) is 11.5 Å². The van der Waals surface area contributed by atoms with Crippen LogP contribution in [0.2, 0.25) is 10.0 Å². The van der Waals surface area contributed by atoms with Crippen LogP contribution in [-0.4, -0.2) is 6.16 Å². The first-order valence-electron chi connectivity index (χ1n) is 10.4. The zero-order valence-electron chi connectivity index (χ0n) is 18.1. The Morgan fingerprint density at radius 2 is 0.765 bits per heavy atom. The fraction of sp³-hybridized carbons (Fsp3) is 0. The van der Waals surface area contributed by atoms with Crippen molar-refractivity contribution in [3.05, 3.63) is 143 Å². The average molecular weight is 487 g/mol. The van der Waals surface area contributed by atoms with Gasteiger partial charge < -0.3 is 9.47 Å². The fourth-order valence-corrected chi connectivity index (χ4v) is 3.55. The summed E-state index contributed by atoms with van der Waals surface area (Å²) in [7, 11) is 0. The van der Waals surface area contributed by atoms with Crippen LogP contribution < -0.4 is 9.47 Å². The Morgan fingerprint density at radius 1 is 0.500 bits per heavy atom. The first-order chi connectivity index (χ1) is 16.4. The van der Waals surface area contributed by atoms with E-state index in [2.05, 4.69) is 13.2 Å². The van der Waals surface area contributed by atoms with Crippen LogP contribution in [0.1, 0.15) is 22.3 Å². The molecule has 0 spiro atoms. The molecule has 0 aromatic heterocycles. The molecule has 0 N–H and O–H groups in total. The number of carbonyl (C=O) groups is 1. The molecule has 0 radical (unpaired) electrons. The van der Waals surface area contributed by atoms with Crippen molar-refractivity contribution < 1.29 is 14.3 Å². The van der Waals surface area contributed by atoms with Crippen LogP contribution in [-0.2, 0) is 0 Å². The quantitative estimate of drug-likeness (QED) is 0.202. The minimum Gasteiger partial charge on any atom is -0.395 e. The second kappa shape index (κ2) is 10.4. The molecule has 0 atom stereocenters. The lowest BCUT2D eigenvalue weighted by Crippen LogP contribution is -2.13. The van der Waals surface area contributed by atoms with E-state index in [0.29, 0.717) is 21.5 Å². The third-order valence-corrected chi connectivity index (χ3v) is 5.70. The van der Waals surface area contributed by atoms with Gasteiger partial charge in [-0.25, -0.2) is 4.79 Å². The predicted molar refractivity (Wildman–Crippen MR) is 139 cm³/mol. The fourth-order valence-electron chi connectivity index (χ4n) is 3.30. The Kier molecular flexibility index (Phi) is 7.17. The summed E-state index contributed by atoms with van der Waals surface area (Å²) in [5.74, 6) is 0.732.